The Balaban J connectivity index is 2.58. The Morgan fingerprint density at radius 1 is 1.53 bits per heavy atom. The number of aromatic carboxylic acids is 1. The van der Waals surface area contributed by atoms with Gasteiger partial charge >= 0.3 is 12.0 Å². The summed E-state index contributed by atoms with van der Waals surface area (Å²) in [7, 11) is 1.57. The van der Waals surface area contributed by atoms with E-state index in [-0.39, 0.29) is 11.6 Å². The highest BCUT2D eigenvalue weighted by Crippen LogP contribution is 2.22. The van der Waals surface area contributed by atoms with Crippen LogP contribution in [0.2, 0.25) is 0 Å². The smallest absolute Gasteiger partial charge is 0.338 e. The van der Waals surface area contributed by atoms with Crippen molar-refractivity contribution in [1.29, 1.82) is 0 Å². The van der Waals surface area contributed by atoms with Crippen molar-refractivity contribution in [3.63, 3.8) is 0 Å². The highest BCUT2D eigenvalue weighted by Gasteiger charge is 2.16. The first kappa shape index (κ1) is 15.5. The molecule has 6 nitrogen and oxygen atoms in total. The summed E-state index contributed by atoms with van der Waals surface area (Å²) in [5, 5.41) is 16.2. The second-order valence-electron chi connectivity index (χ2n) is 4.01. The molecule has 0 radical (unpaired) electrons. The van der Waals surface area contributed by atoms with Gasteiger partial charge in [-0.05, 0) is 17.9 Å². The fourth-order valence-corrected chi connectivity index (χ4v) is 2.42. The van der Waals surface area contributed by atoms with E-state index in [9.17, 15) is 9.59 Å². The Labute approximate surface area is 115 Å². The summed E-state index contributed by atoms with van der Waals surface area (Å²) in [6.07, 6.45) is 1.73. The molecule has 106 valence electrons. The first-order valence-electron chi connectivity index (χ1n) is 5.95. The van der Waals surface area contributed by atoms with Crippen LogP contribution in [-0.4, -0.2) is 36.9 Å². The van der Waals surface area contributed by atoms with Gasteiger partial charge in [0.25, 0.3) is 0 Å². The van der Waals surface area contributed by atoms with Gasteiger partial charge in [0.15, 0.2) is 0 Å². The Morgan fingerprint density at radius 3 is 2.84 bits per heavy atom. The molecule has 19 heavy (non-hydrogen) atoms. The van der Waals surface area contributed by atoms with Crippen molar-refractivity contribution in [2.45, 2.75) is 25.8 Å². The molecule has 1 aromatic rings. The van der Waals surface area contributed by atoms with Crippen LogP contribution >= 0.6 is 11.3 Å². The lowest BCUT2D eigenvalue weighted by atomic mass is 10.2. The standard InChI is InChI=1S/C12H18N2O4S/c1-3-4-8(7-18-2)13-12(17)14-10-9(11(15)16)5-6-19-10/h5-6,8H,3-4,7H2,1-2H3,(H,15,16)(H2,13,14,17). The summed E-state index contributed by atoms with van der Waals surface area (Å²) < 4.78 is 5.02. The second-order valence-corrected chi connectivity index (χ2v) is 4.92. The Kier molecular flexibility index (Phi) is 6.31. The summed E-state index contributed by atoms with van der Waals surface area (Å²) in [6.45, 7) is 2.45. The normalized spacial score (nSPS) is 11.9. The van der Waals surface area contributed by atoms with Gasteiger partial charge < -0.3 is 15.2 Å². The quantitative estimate of drug-likeness (QED) is 0.718. The molecule has 0 bridgehead atoms. The Hall–Kier alpha value is -1.60. The second kappa shape index (κ2) is 7.75. The molecule has 1 rings (SSSR count). The average Bonchev–Trinajstić information content (AvgIpc) is 2.77. The van der Waals surface area contributed by atoms with Gasteiger partial charge in [-0.15, -0.1) is 11.3 Å². The van der Waals surface area contributed by atoms with Crippen LogP contribution in [0.5, 0.6) is 0 Å². The van der Waals surface area contributed by atoms with Crippen LogP contribution in [-0.2, 0) is 4.74 Å². The summed E-state index contributed by atoms with van der Waals surface area (Å²) in [6, 6.07) is 0.963. The third-order valence-corrected chi connectivity index (χ3v) is 3.29. The van der Waals surface area contributed by atoms with Crippen molar-refractivity contribution < 1.29 is 19.4 Å². The van der Waals surface area contributed by atoms with E-state index < -0.39 is 12.0 Å². The van der Waals surface area contributed by atoms with Crippen LogP contribution in [0.1, 0.15) is 30.1 Å². The molecule has 1 atom stereocenters. The monoisotopic (exact) mass is 286 g/mol. The number of urea groups is 1. The van der Waals surface area contributed by atoms with Crippen LogP contribution in [0.15, 0.2) is 11.4 Å². The van der Waals surface area contributed by atoms with Crippen molar-refractivity contribution in [1.82, 2.24) is 5.32 Å². The topological polar surface area (TPSA) is 87.7 Å². The molecule has 7 heteroatoms. The lowest BCUT2D eigenvalue weighted by molar-refractivity contribution is 0.0698. The zero-order valence-corrected chi connectivity index (χ0v) is 11.8. The van der Waals surface area contributed by atoms with Gasteiger partial charge in [0.05, 0.1) is 18.2 Å². The van der Waals surface area contributed by atoms with Crippen molar-refractivity contribution in [2.24, 2.45) is 0 Å². The van der Waals surface area contributed by atoms with Gasteiger partial charge in [-0.3, -0.25) is 5.32 Å². The highest BCUT2D eigenvalue weighted by atomic mass is 32.1. The van der Waals surface area contributed by atoms with E-state index in [1.165, 1.54) is 17.4 Å². The van der Waals surface area contributed by atoms with E-state index in [0.29, 0.717) is 11.6 Å². The number of rotatable bonds is 7. The number of nitrogens with one attached hydrogen (secondary N) is 2. The van der Waals surface area contributed by atoms with E-state index in [0.717, 1.165) is 12.8 Å². The van der Waals surface area contributed by atoms with E-state index >= 15 is 0 Å². The number of hydrogen-bond donors (Lipinski definition) is 3. The minimum atomic E-state index is -1.06. The van der Waals surface area contributed by atoms with Crippen molar-refractivity contribution in [2.75, 3.05) is 19.0 Å². The van der Waals surface area contributed by atoms with Gasteiger partial charge in [-0.25, -0.2) is 9.59 Å². The predicted octanol–water partition coefficient (Wildman–Crippen LogP) is 2.38. The minimum Gasteiger partial charge on any atom is -0.478 e. The molecule has 0 aromatic carbocycles. The zero-order chi connectivity index (χ0) is 14.3. The van der Waals surface area contributed by atoms with Gasteiger partial charge in [-0.1, -0.05) is 13.3 Å². The number of carbonyl (C=O) groups excluding carboxylic acids is 1. The number of anilines is 1. The van der Waals surface area contributed by atoms with E-state index in [1.54, 1.807) is 12.5 Å². The van der Waals surface area contributed by atoms with Gasteiger partial charge in [0.2, 0.25) is 0 Å². The molecule has 3 N–H and O–H groups in total. The fraction of sp³-hybridized carbons (Fsp3) is 0.500. The van der Waals surface area contributed by atoms with Gasteiger partial charge in [0, 0.05) is 7.11 Å². The molecule has 0 saturated carbocycles. The molecule has 1 heterocycles. The molecule has 1 unspecified atom stereocenters. The molecule has 0 aliphatic carbocycles. The maximum absolute atomic E-state index is 11.8. The van der Waals surface area contributed by atoms with E-state index in [2.05, 4.69) is 10.6 Å². The average molecular weight is 286 g/mol. The van der Waals surface area contributed by atoms with Gasteiger partial charge in [0.1, 0.15) is 5.00 Å². The number of carbonyl (C=O) groups is 2. The van der Waals surface area contributed by atoms with Crippen LogP contribution in [0.4, 0.5) is 9.80 Å². The Morgan fingerprint density at radius 2 is 2.26 bits per heavy atom. The Bertz CT molecular complexity index is 427. The lowest BCUT2D eigenvalue weighted by Crippen LogP contribution is -2.40. The molecule has 0 aliphatic heterocycles. The van der Waals surface area contributed by atoms with Gasteiger partial charge in [-0.2, -0.15) is 0 Å². The highest BCUT2D eigenvalue weighted by molar-refractivity contribution is 7.14. The number of carboxylic acid groups (broad SMARTS) is 1. The number of ether oxygens (including phenoxy) is 1. The largest absolute Gasteiger partial charge is 0.478 e. The maximum atomic E-state index is 11.8. The first-order chi connectivity index (χ1) is 9.08. The molecule has 1 aromatic heterocycles. The number of carboxylic acids is 1. The summed E-state index contributed by atoms with van der Waals surface area (Å²) in [5.74, 6) is -1.06. The molecule has 0 fully saturated rings. The molecule has 2 amide bonds. The predicted molar refractivity (Wildman–Crippen MR) is 74.0 cm³/mol. The molecular weight excluding hydrogens is 268 g/mol. The summed E-state index contributed by atoms with van der Waals surface area (Å²) in [5.41, 5.74) is 0.0962. The third-order valence-electron chi connectivity index (χ3n) is 2.46. The molecule has 0 spiro atoms. The van der Waals surface area contributed by atoms with Crippen LogP contribution < -0.4 is 10.6 Å². The molecule has 0 aliphatic rings. The van der Waals surface area contributed by atoms with Crippen LogP contribution in [0.3, 0.4) is 0 Å². The summed E-state index contributed by atoms with van der Waals surface area (Å²) >= 11 is 1.18. The van der Waals surface area contributed by atoms with Crippen molar-refractivity contribution in [3.05, 3.63) is 17.0 Å². The first-order valence-corrected chi connectivity index (χ1v) is 6.83. The van der Waals surface area contributed by atoms with Crippen LogP contribution in [0, 0.1) is 0 Å². The maximum Gasteiger partial charge on any atom is 0.338 e. The van der Waals surface area contributed by atoms with Crippen LogP contribution in [0.25, 0.3) is 0 Å². The lowest BCUT2D eigenvalue weighted by Gasteiger charge is -2.17. The van der Waals surface area contributed by atoms with E-state index in [1.807, 2.05) is 6.92 Å². The summed E-state index contributed by atoms with van der Waals surface area (Å²) in [4.78, 5) is 22.7. The van der Waals surface area contributed by atoms with Crippen molar-refractivity contribution >= 4 is 28.3 Å². The number of methoxy groups -OCH3 is 1. The number of amides is 2. The van der Waals surface area contributed by atoms with Crippen molar-refractivity contribution in [3.8, 4) is 0 Å². The molecular formula is C12H18N2O4S. The minimum absolute atomic E-state index is 0.0803. The third kappa shape index (κ3) is 4.88. The SMILES string of the molecule is CCCC(COC)NC(=O)Nc1sccc1C(=O)O. The fourth-order valence-electron chi connectivity index (χ4n) is 1.65. The molecule has 0 saturated heterocycles. The number of thiophene rings is 1. The van der Waals surface area contributed by atoms with E-state index in [4.69, 9.17) is 9.84 Å². The number of hydrogen-bond acceptors (Lipinski definition) is 4. The zero-order valence-electron chi connectivity index (χ0n) is 10.9.